The number of carbonyl (C=O) groups is 1. The van der Waals surface area contributed by atoms with Crippen LogP contribution in [0.3, 0.4) is 0 Å². The van der Waals surface area contributed by atoms with E-state index in [1.54, 1.807) is 29.4 Å². The Morgan fingerprint density at radius 2 is 1.98 bits per heavy atom. The molecule has 1 aliphatic rings. The predicted molar refractivity (Wildman–Crippen MR) is 148 cm³/mol. The lowest BCUT2D eigenvalue weighted by atomic mass is 10.0. The largest absolute Gasteiger partial charge is 0.439 e. The molecule has 1 saturated heterocycles. The van der Waals surface area contributed by atoms with Gasteiger partial charge >= 0.3 is 0 Å². The number of ether oxygens (including phenoxy) is 1. The van der Waals surface area contributed by atoms with Crippen LogP contribution in [0.4, 0.5) is 14.5 Å². The summed E-state index contributed by atoms with van der Waals surface area (Å²) >= 11 is 0. The molecule has 1 aliphatic heterocycles. The van der Waals surface area contributed by atoms with Crippen LogP contribution in [0, 0.1) is 6.92 Å². The van der Waals surface area contributed by atoms with E-state index in [4.69, 9.17) is 4.74 Å². The number of hydrogen-bond donors (Lipinski definition) is 2. The van der Waals surface area contributed by atoms with Crippen molar-refractivity contribution in [2.24, 2.45) is 0 Å². The molecule has 3 aromatic heterocycles. The number of aryl methyl sites for hydroxylation is 1. The number of likely N-dealkylation sites (tertiary alicyclic amines) is 1. The zero-order chi connectivity index (χ0) is 27.7. The molecule has 1 fully saturated rings. The van der Waals surface area contributed by atoms with Crippen LogP contribution in [0.25, 0.3) is 22.0 Å². The lowest BCUT2D eigenvalue weighted by molar-refractivity contribution is 0.0115. The van der Waals surface area contributed by atoms with Crippen molar-refractivity contribution in [3.8, 4) is 22.8 Å². The maximum Gasteiger partial charge on any atom is 0.276 e. The molecule has 2 aromatic carbocycles. The highest BCUT2D eigenvalue weighted by Gasteiger charge is 2.37. The molecule has 10 heteroatoms. The number of aromatic nitrogens is 4. The van der Waals surface area contributed by atoms with E-state index in [1.807, 2.05) is 55.5 Å². The summed E-state index contributed by atoms with van der Waals surface area (Å²) in [4.78, 5) is 23.5. The van der Waals surface area contributed by atoms with Crippen LogP contribution < -0.4 is 10.1 Å². The second-order valence-corrected chi connectivity index (χ2v) is 9.99. The van der Waals surface area contributed by atoms with Crippen molar-refractivity contribution < 1.29 is 18.3 Å². The summed E-state index contributed by atoms with van der Waals surface area (Å²) in [6, 6.07) is 18.6. The van der Waals surface area contributed by atoms with Gasteiger partial charge in [-0.1, -0.05) is 18.2 Å². The van der Waals surface area contributed by atoms with Crippen LogP contribution in [-0.4, -0.2) is 50.0 Å². The molecule has 202 valence electrons. The van der Waals surface area contributed by atoms with Crippen molar-refractivity contribution in [2.75, 3.05) is 18.4 Å². The fraction of sp³-hybridized carbons (Fsp3) is 0.200. The summed E-state index contributed by atoms with van der Waals surface area (Å²) in [5.41, 5.74) is 5.03. The molecule has 0 bridgehead atoms. The minimum atomic E-state index is -2.64. The van der Waals surface area contributed by atoms with Gasteiger partial charge in [-0.15, -0.1) is 0 Å². The normalized spacial score (nSPS) is 14.9. The monoisotopic (exact) mass is 540 g/mol. The quantitative estimate of drug-likeness (QED) is 0.255. The Morgan fingerprint density at radius 3 is 2.75 bits per heavy atom. The predicted octanol–water partition coefficient (Wildman–Crippen LogP) is 6.21. The van der Waals surface area contributed by atoms with Gasteiger partial charge in [0.05, 0.1) is 23.9 Å². The summed E-state index contributed by atoms with van der Waals surface area (Å²) in [5.74, 6) is -1.93. The van der Waals surface area contributed by atoms with Crippen molar-refractivity contribution in [2.45, 2.75) is 25.8 Å². The number of rotatable bonds is 7. The van der Waals surface area contributed by atoms with Crippen LogP contribution in [0.15, 0.2) is 79.3 Å². The number of pyridine rings is 2. The molecule has 6 rings (SSSR count). The van der Waals surface area contributed by atoms with E-state index >= 15 is 0 Å². The number of benzene rings is 2. The Labute approximate surface area is 229 Å². The van der Waals surface area contributed by atoms with Gasteiger partial charge in [0, 0.05) is 48.9 Å². The Bertz CT molecular complexity index is 1690. The third kappa shape index (κ3) is 5.67. The molecule has 0 saturated carbocycles. The minimum Gasteiger partial charge on any atom is -0.439 e. The van der Waals surface area contributed by atoms with E-state index in [9.17, 15) is 13.6 Å². The summed E-state index contributed by atoms with van der Waals surface area (Å²) in [6.45, 7) is 2.50. The highest BCUT2D eigenvalue weighted by atomic mass is 19.3. The molecule has 1 amide bonds. The van der Waals surface area contributed by atoms with E-state index < -0.39 is 5.92 Å². The number of nitrogens with one attached hydrogen (secondary N) is 2. The number of hydrogen-bond acceptors (Lipinski definition) is 6. The molecular formula is C30H26F2N6O2. The molecule has 0 aliphatic carbocycles. The van der Waals surface area contributed by atoms with Crippen molar-refractivity contribution in [3.05, 3.63) is 96.1 Å². The molecule has 0 spiro atoms. The number of fused-ring (bicyclic) bond motifs is 1. The molecule has 4 heterocycles. The van der Waals surface area contributed by atoms with E-state index in [1.165, 1.54) is 6.20 Å². The number of aromatic amines is 1. The van der Waals surface area contributed by atoms with Crippen LogP contribution in [0.5, 0.6) is 11.6 Å². The van der Waals surface area contributed by atoms with Crippen LogP contribution >= 0.6 is 0 Å². The lowest BCUT2D eigenvalue weighted by Crippen LogP contribution is -2.24. The number of halogens is 2. The van der Waals surface area contributed by atoms with Crippen molar-refractivity contribution in [3.63, 3.8) is 0 Å². The fourth-order valence-corrected chi connectivity index (χ4v) is 4.80. The molecule has 5 aromatic rings. The molecule has 0 atom stereocenters. The maximum absolute atomic E-state index is 13.6. The second kappa shape index (κ2) is 10.5. The number of amides is 1. The van der Waals surface area contributed by atoms with Gasteiger partial charge in [0.25, 0.3) is 11.8 Å². The van der Waals surface area contributed by atoms with Crippen LogP contribution in [0.2, 0.25) is 0 Å². The summed E-state index contributed by atoms with van der Waals surface area (Å²) in [5, 5.41) is 10.6. The Balaban J connectivity index is 1.17. The maximum atomic E-state index is 13.6. The molecule has 0 unspecified atom stereocenters. The second-order valence-electron chi connectivity index (χ2n) is 9.99. The molecule has 8 nitrogen and oxygen atoms in total. The number of alkyl halides is 2. The minimum absolute atomic E-state index is 0.122. The highest BCUT2D eigenvalue weighted by Crippen LogP contribution is 2.30. The Kier molecular flexibility index (Phi) is 6.69. The van der Waals surface area contributed by atoms with Gasteiger partial charge in [0.2, 0.25) is 5.88 Å². The summed E-state index contributed by atoms with van der Waals surface area (Å²) < 4.78 is 33.0. The van der Waals surface area contributed by atoms with E-state index in [-0.39, 0.29) is 24.6 Å². The van der Waals surface area contributed by atoms with Gasteiger partial charge in [0.1, 0.15) is 5.75 Å². The first-order valence-electron chi connectivity index (χ1n) is 12.9. The number of nitrogens with zero attached hydrogens (tertiary/aromatic N) is 4. The summed E-state index contributed by atoms with van der Waals surface area (Å²) in [6.07, 6.45) is 4.82. The fourth-order valence-electron chi connectivity index (χ4n) is 4.80. The molecule has 40 heavy (non-hydrogen) atoms. The van der Waals surface area contributed by atoms with Gasteiger partial charge < -0.3 is 10.1 Å². The van der Waals surface area contributed by atoms with Gasteiger partial charge in [-0.05, 0) is 60.0 Å². The Hall–Kier alpha value is -4.70. The lowest BCUT2D eigenvalue weighted by Gasteiger charge is -2.15. The van der Waals surface area contributed by atoms with Gasteiger partial charge in [-0.2, -0.15) is 5.10 Å². The first-order chi connectivity index (χ1) is 19.3. The first-order valence-corrected chi connectivity index (χ1v) is 12.9. The van der Waals surface area contributed by atoms with Gasteiger partial charge in [-0.3, -0.25) is 19.8 Å². The van der Waals surface area contributed by atoms with Gasteiger partial charge in [0.15, 0.2) is 5.69 Å². The zero-order valence-electron chi connectivity index (χ0n) is 21.7. The average molecular weight is 541 g/mol. The number of carbonyl (C=O) groups excluding carboxylic acids is 1. The third-order valence-corrected chi connectivity index (χ3v) is 6.77. The number of anilines is 1. The van der Waals surface area contributed by atoms with E-state index in [2.05, 4.69) is 25.5 Å². The van der Waals surface area contributed by atoms with Crippen molar-refractivity contribution in [1.29, 1.82) is 0 Å². The Morgan fingerprint density at radius 1 is 1.07 bits per heavy atom. The van der Waals surface area contributed by atoms with Crippen LogP contribution in [0.1, 0.15) is 28.0 Å². The molecule has 0 radical (unpaired) electrons. The zero-order valence-corrected chi connectivity index (χ0v) is 21.7. The molecule has 2 N–H and O–H groups in total. The average Bonchev–Trinajstić information content (AvgIpc) is 3.52. The van der Waals surface area contributed by atoms with Crippen molar-refractivity contribution >= 4 is 22.5 Å². The third-order valence-electron chi connectivity index (χ3n) is 6.77. The van der Waals surface area contributed by atoms with Crippen molar-refractivity contribution in [1.82, 2.24) is 25.1 Å². The standard InChI is InChI=1S/C30H26F2N6O2/c1-19-3-2-4-24(11-19)40-27-8-6-23(16-34-27)35-29(39)28-25-13-21(5-7-26(25)36-37-28)22-12-20(14-33-15-22)17-38-10-9-30(31,32)18-38/h2-8,11-16H,9-10,17-18H2,1H3,(H,35,39)(H,36,37). The smallest absolute Gasteiger partial charge is 0.276 e. The first kappa shape index (κ1) is 25.6. The topological polar surface area (TPSA) is 96.0 Å². The number of H-pyrrole nitrogens is 1. The highest BCUT2D eigenvalue weighted by molar-refractivity contribution is 6.11. The molecular weight excluding hydrogens is 514 g/mol. The van der Waals surface area contributed by atoms with E-state index in [0.717, 1.165) is 22.3 Å². The van der Waals surface area contributed by atoms with Crippen LogP contribution in [-0.2, 0) is 6.54 Å². The van der Waals surface area contributed by atoms with E-state index in [0.29, 0.717) is 41.3 Å². The van der Waals surface area contributed by atoms with Gasteiger partial charge in [-0.25, -0.2) is 13.8 Å². The SMILES string of the molecule is Cc1cccc(Oc2ccc(NC(=O)c3n[nH]c4ccc(-c5cncc(CN6CCC(F)(F)C6)c5)cc34)cn2)c1. The summed E-state index contributed by atoms with van der Waals surface area (Å²) in [7, 11) is 0.